The van der Waals surface area contributed by atoms with Crippen LogP contribution in [0.15, 0.2) is 22.6 Å². The number of benzene rings is 1. The van der Waals surface area contributed by atoms with E-state index in [0.29, 0.717) is 5.89 Å². The van der Waals surface area contributed by atoms with Crippen molar-refractivity contribution in [1.82, 2.24) is 4.98 Å². The van der Waals surface area contributed by atoms with Gasteiger partial charge in [-0.3, -0.25) is 4.79 Å². The van der Waals surface area contributed by atoms with Gasteiger partial charge in [-0.25, -0.2) is 4.98 Å². The minimum atomic E-state index is -0.775. The van der Waals surface area contributed by atoms with Crippen LogP contribution in [0, 0.1) is 12.8 Å². The highest BCUT2D eigenvalue weighted by molar-refractivity contribution is 5.74. The molecule has 0 amide bonds. The van der Waals surface area contributed by atoms with Crippen molar-refractivity contribution in [2.45, 2.75) is 33.1 Å². The van der Waals surface area contributed by atoms with Crippen LogP contribution in [0.1, 0.15) is 37.6 Å². The number of hydrogen-bond acceptors (Lipinski definition) is 3. The molecule has 0 fully saturated rings. The van der Waals surface area contributed by atoms with Crippen LogP contribution in [0.4, 0.5) is 0 Å². The third kappa shape index (κ3) is 2.53. The minimum Gasteiger partial charge on any atom is -0.481 e. The summed E-state index contributed by atoms with van der Waals surface area (Å²) in [6.07, 6.45) is 0.135. The highest BCUT2D eigenvalue weighted by atomic mass is 16.4. The molecule has 0 saturated heterocycles. The molecule has 1 atom stereocenters. The molecule has 96 valence electrons. The van der Waals surface area contributed by atoms with E-state index < -0.39 is 5.97 Å². The number of oxazole rings is 1. The Kier molecular flexibility index (Phi) is 3.36. The third-order valence-electron chi connectivity index (χ3n) is 3.15. The molecule has 0 aliphatic carbocycles. The monoisotopic (exact) mass is 247 g/mol. The second kappa shape index (κ2) is 4.80. The van der Waals surface area contributed by atoms with Gasteiger partial charge in [0.1, 0.15) is 5.52 Å². The lowest BCUT2D eigenvalue weighted by Crippen LogP contribution is -2.12. The number of carboxylic acids is 1. The molecule has 0 radical (unpaired) electrons. The van der Waals surface area contributed by atoms with Crippen LogP contribution in [-0.2, 0) is 4.79 Å². The zero-order valence-corrected chi connectivity index (χ0v) is 10.8. The van der Waals surface area contributed by atoms with Gasteiger partial charge in [0.05, 0.1) is 6.42 Å². The van der Waals surface area contributed by atoms with Crippen molar-refractivity contribution in [3.8, 4) is 0 Å². The average Bonchev–Trinajstić information content (AvgIpc) is 2.64. The summed E-state index contributed by atoms with van der Waals surface area (Å²) in [6.45, 7) is 5.86. The van der Waals surface area contributed by atoms with Gasteiger partial charge in [0.2, 0.25) is 0 Å². The molecule has 1 heterocycles. The summed E-state index contributed by atoms with van der Waals surface area (Å²) in [7, 11) is 0. The van der Waals surface area contributed by atoms with Gasteiger partial charge in [-0.2, -0.15) is 0 Å². The SMILES string of the molecule is Cc1nc2ccc(C(CC(=O)O)C(C)C)cc2o1. The van der Waals surface area contributed by atoms with Crippen molar-refractivity contribution in [1.29, 1.82) is 0 Å². The van der Waals surface area contributed by atoms with Crippen LogP contribution in [0.5, 0.6) is 0 Å². The van der Waals surface area contributed by atoms with Crippen LogP contribution < -0.4 is 0 Å². The van der Waals surface area contributed by atoms with E-state index in [1.165, 1.54) is 0 Å². The number of rotatable bonds is 4. The Balaban J connectivity index is 2.40. The van der Waals surface area contributed by atoms with E-state index in [1.807, 2.05) is 32.0 Å². The van der Waals surface area contributed by atoms with Crippen molar-refractivity contribution >= 4 is 17.1 Å². The van der Waals surface area contributed by atoms with Gasteiger partial charge in [-0.05, 0) is 29.5 Å². The Morgan fingerprint density at radius 1 is 1.44 bits per heavy atom. The maximum Gasteiger partial charge on any atom is 0.303 e. The predicted octanol–water partition coefficient (Wildman–Crippen LogP) is 3.35. The molecule has 0 spiro atoms. The maximum atomic E-state index is 10.9. The van der Waals surface area contributed by atoms with Crippen LogP contribution in [0.2, 0.25) is 0 Å². The van der Waals surface area contributed by atoms with E-state index in [9.17, 15) is 4.79 Å². The molecule has 1 N–H and O–H groups in total. The molecule has 4 heteroatoms. The summed E-state index contributed by atoms with van der Waals surface area (Å²) in [4.78, 5) is 15.2. The van der Waals surface area contributed by atoms with Crippen LogP contribution in [-0.4, -0.2) is 16.1 Å². The number of carboxylic acid groups (broad SMARTS) is 1. The molecule has 2 aromatic rings. The first kappa shape index (κ1) is 12.6. The Morgan fingerprint density at radius 3 is 2.78 bits per heavy atom. The van der Waals surface area contributed by atoms with Crippen molar-refractivity contribution in [3.63, 3.8) is 0 Å². The summed E-state index contributed by atoms with van der Waals surface area (Å²) in [5, 5.41) is 8.98. The van der Waals surface area contributed by atoms with Gasteiger partial charge in [0.25, 0.3) is 0 Å². The molecule has 0 aliphatic rings. The van der Waals surface area contributed by atoms with E-state index in [-0.39, 0.29) is 18.3 Å². The Hall–Kier alpha value is -1.84. The first-order chi connectivity index (χ1) is 8.47. The molecule has 2 rings (SSSR count). The second-order valence-electron chi connectivity index (χ2n) is 4.91. The Bertz CT molecular complexity index is 571. The molecule has 0 saturated carbocycles. The zero-order valence-electron chi connectivity index (χ0n) is 10.8. The summed E-state index contributed by atoms with van der Waals surface area (Å²) in [6, 6.07) is 5.74. The molecule has 1 unspecified atom stereocenters. The highest BCUT2D eigenvalue weighted by Gasteiger charge is 2.20. The number of aromatic nitrogens is 1. The van der Waals surface area contributed by atoms with Crippen molar-refractivity contribution in [2.24, 2.45) is 5.92 Å². The fourth-order valence-electron chi connectivity index (χ4n) is 2.21. The minimum absolute atomic E-state index is 0.00249. The number of aliphatic carboxylic acids is 1. The topological polar surface area (TPSA) is 63.3 Å². The molecule has 0 aliphatic heterocycles. The summed E-state index contributed by atoms with van der Waals surface area (Å²) in [5.41, 5.74) is 2.53. The van der Waals surface area contributed by atoms with E-state index >= 15 is 0 Å². The standard InChI is InChI=1S/C14H17NO3/c1-8(2)11(7-14(16)17)10-4-5-12-13(6-10)18-9(3)15-12/h4-6,8,11H,7H2,1-3H3,(H,16,17). The van der Waals surface area contributed by atoms with Gasteiger partial charge in [0.15, 0.2) is 11.5 Å². The fraction of sp³-hybridized carbons (Fsp3) is 0.429. The van der Waals surface area contributed by atoms with Crippen LogP contribution in [0.3, 0.4) is 0 Å². The lowest BCUT2D eigenvalue weighted by Gasteiger charge is -2.19. The number of aryl methyl sites for hydroxylation is 1. The molecular formula is C14H17NO3. The van der Waals surface area contributed by atoms with Gasteiger partial charge < -0.3 is 9.52 Å². The highest BCUT2D eigenvalue weighted by Crippen LogP contribution is 2.30. The summed E-state index contributed by atoms with van der Waals surface area (Å²) >= 11 is 0. The van der Waals surface area contributed by atoms with E-state index in [4.69, 9.17) is 9.52 Å². The molecule has 18 heavy (non-hydrogen) atoms. The predicted molar refractivity (Wildman–Crippen MR) is 68.6 cm³/mol. The average molecular weight is 247 g/mol. The quantitative estimate of drug-likeness (QED) is 0.899. The first-order valence-corrected chi connectivity index (χ1v) is 6.06. The molecule has 1 aromatic heterocycles. The first-order valence-electron chi connectivity index (χ1n) is 6.06. The van der Waals surface area contributed by atoms with Crippen molar-refractivity contribution < 1.29 is 14.3 Å². The number of carbonyl (C=O) groups is 1. The normalized spacial score (nSPS) is 13.1. The van der Waals surface area contributed by atoms with Crippen LogP contribution in [0.25, 0.3) is 11.1 Å². The maximum absolute atomic E-state index is 10.9. The van der Waals surface area contributed by atoms with E-state index in [0.717, 1.165) is 16.7 Å². The zero-order chi connectivity index (χ0) is 13.3. The lowest BCUT2D eigenvalue weighted by molar-refractivity contribution is -0.137. The molecule has 1 aromatic carbocycles. The van der Waals surface area contributed by atoms with Gasteiger partial charge in [-0.15, -0.1) is 0 Å². The molecule has 0 bridgehead atoms. The summed E-state index contributed by atoms with van der Waals surface area (Å²) in [5.74, 6) is 0.115. The number of fused-ring (bicyclic) bond motifs is 1. The van der Waals surface area contributed by atoms with Crippen LogP contribution >= 0.6 is 0 Å². The van der Waals surface area contributed by atoms with Crippen molar-refractivity contribution in [3.05, 3.63) is 29.7 Å². The Morgan fingerprint density at radius 2 is 2.17 bits per heavy atom. The van der Waals surface area contributed by atoms with Gasteiger partial charge >= 0.3 is 5.97 Å². The molecular weight excluding hydrogens is 230 g/mol. The van der Waals surface area contributed by atoms with Crippen molar-refractivity contribution in [2.75, 3.05) is 0 Å². The Labute approximate surface area is 106 Å². The smallest absolute Gasteiger partial charge is 0.303 e. The number of hydrogen-bond donors (Lipinski definition) is 1. The molecule has 4 nitrogen and oxygen atoms in total. The number of nitrogens with zero attached hydrogens (tertiary/aromatic N) is 1. The van der Waals surface area contributed by atoms with Gasteiger partial charge in [0, 0.05) is 6.92 Å². The largest absolute Gasteiger partial charge is 0.481 e. The van der Waals surface area contributed by atoms with E-state index in [1.54, 1.807) is 6.92 Å². The fourth-order valence-corrected chi connectivity index (χ4v) is 2.21. The third-order valence-corrected chi connectivity index (χ3v) is 3.15. The van der Waals surface area contributed by atoms with Gasteiger partial charge in [-0.1, -0.05) is 19.9 Å². The second-order valence-corrected chi connectivity index (χ2v) is 4.91. The van der Waals surface area contributed by atoms with E-state index in [2.05, 4.69) is 4.98 Å². The lowest BCUT2D eigenvalue weighted by atomic mass is 9.86. The summed E-state index contributed by atoms with van der Waals surface area (Å²) < 4.78 is 5.48.